The molecule has 0 radical (unpaired) electrons. The second kappa shape index (κ2) is 8.38. The molecule has 2 aromatic rings. The Kier molecular flexibility index (Phi) is 6.03. The predicted octanol–water partition coefficient (Wildman–Crippen LogP) is 3.53. The Bertz CT molecular complexity index is 1050. The van der Waals surface area contributed by atoms with Gasteiger partial charge in [-0.3, -0.25) is 19.3 Å². The number of hydrogen-bond acceptors (Lipinski definition) is 5. The van der Waals surface area contributed by atoms with Crippen molar-refractivity contribution in [2.75, 3.05) is 11.9 Å². The van der Waals surface area contributed by atoms with Gasteiger partial charge in [0, 0.05) is 0 Å². The van der Waals surface area contributed by atoms with Gasteiger partial charge in [0.05, 0.1) is 27.4 Å². The molecule has 0 spiro atoms. The molecule has 162 valence electrons. The first-order valence-corrected chi connectivity index (χ1v) is 9.18. The average Bonchev–Trinajstić information content (AvgIpc) is 2.97. The number of halogens is 4. The Morgan fingerprint density at radius 2 is 1.68 bits per heavy atom. The lowest BCUT2D eigenvalue weighted by Gasteiger charge is -2.20. The number of ether oxygens (including phenoxy) is 1. The standard InChI is InChI=1S/C20H14ClF3N2O5/c1-10(26-17(28)12-4-2-3-5-13(12)18(26)29)19(30)31-9-16(27)25-15-8-11(20(22,23)24)6-7-14(15)21/h2-8,10H,9H2,1H3,(H,25,27)/t10-/m0/s1. The van der Waals surface area contributed by atoms with E-state index in [4.69, 9.17) is 16.3 Å². The SMILES string of the molecule is C[C@@H](C(=O)OCC(=O)Nc1cc(C(F)(F)F)ccc1Cl)N1C(=O)c2ccccc2C1=O. The fraction of sp³-hybridized carbons (Fsp3) is 0.200. The number of esters is 1. The number of anilines is 1. The molecule has 0 saturated heterocycles. The topological polar surface area (TPSA) is 92.8 Å². The smallest absolute Gasteiger partial charge is 0.416 e. The van der Waals surface area contributed by atoms with Crippen molar-refractivity contribution in [2.45, 2.75) is 19.1 Å². The second-order valence-corrected chi connectivity index (χ2v) is 6.96. The van der Waals surface area contributed by atoms with E-state index >= 15 is 0 Å². The van der Waals surface area contributed by atoms with Crippen molar-refractivity contribution in [1.82, 2.24) is 4.90 Å². The molecule has 0 aliphatic carbocycles. The fourth-order valence-electron chi connectivity index (χ4n) is 2.91. The number of alkyl halides is 3. The Morgan fingerprint density at radius 1 is 1.10 bits per heavy atom. The number of amides is 3. The van der Waals surface area contributed by atoms with E-state index in [1.807, 2.05) is 0 Å². The summed E-state index contributed by atoms with van der Waals surface area (Å²) in [7, 11) is 0. The number of carbonyl (C=O) groups excluding carboxylic acids is 4. The molecule has 11 heteroatoms. The van der Waals surface area contributed by atoms with Crippen molar-refractivity contribution in [3.8, 4) is 0 Å². The lowest BCUT2D eigenvalue weighted by molar-refractivity contribution is -0.150. The van der Waals surface area contributed by atoms with Gasteiger partial charge in [-0.2, -0.15) is 13.2 Å². The van der Waals surface area contributed by atoms with Crippen LogP contribution in [0.25, 0.3) is 0 Å². The number of imide groups is 1. The maximum atomic E-state index is 12.8. The van der Waals surface area contributed by atoms with Gasteiger partial charge in [0.2, 0.25) is 0 Å². The van der Waals surface area contributed by atoms with Gasteiger partial charge in [-0.25, -0.2) is 4.79 Å². The van der Waals surface area contributed by atoms with E-state index in [9.17, 15) is 32.3 Å². The van der Waals surface area contributed by atoms with Crippen LogP contribution in [0.15, 0.2) is 42.5 Å². The maximum absolute atomic E-state index is 12.8. The minimum absolute atomic E-state index is 0.143. The zero-order valence-corrected chi connectivity index (χ0v) is 16.6. The van der Waals surface area contributed by atoms with Crippen LogP contribution in [-0.2, 0) is 20.5 Å². The minimum Gasteiger partial charge on any atom is -0.454 e. The molecule has 0 aromatic heterocycles. The molecule has 1 aliphatic heterocycles. The molecule has 0 saturated carbocycles. The van der Waals surface area contributed by atoms with Gasteiger partial charge in [0.25, 0.3) is 17.7 Å². The Morgan fingerprint density at radius 3 is 2.23 bits per heavy atom. The third-order valence-corrected chi connectivity index (χ3v) is 4.80. The molecule has 3 rings (SSSR count). The lowest BCUT2D eigenvalue weighted by Crippen LogP contribution is -2.44. The first-order valence-electron chi connectivity index (χ1n) is 8.81. The van der Waals surface area contributed by atoms with E-state index in [1.54, 1.807) is 12.1 Å². The van der Waals surface area contributed by atoms with Crippen LogP contribution in [0.3, 0.4) is 0 Å². The quantitative estimate of drug-likeness (QED) is 0.551. The first-order chi connectivity index (χ1) is 14.5. The summed E-state index contributed by atoms with van der Waals surface area (Å²) in [5.41, 5.74) is -1.05. The van der Waals surface area contributed by atoms with E-state index in [2.05, 4.69) is 5.32 Å². The van der Waals surface area contributed by atoms with Crippen LogP contribution in [0.4, 0.5) is 18.9 Å². The summed E-state index contributed by atoms with van der Waals surface area (Å²) in [5, 5.41) is 1.98. The van der Waals surface area contributed by atoms with Gasteiger partial charge < -0.3 is 10.1 Å². The van der Waals surface area contributed by atoms with Gasteiger partial charge >= 0.3 is 12.1 Å². The molecular formula is C20H14ClF3N2O5. The number of carbonyl (C=O) groups is 4. The highest BCUT2D eigenvalue weighted by Crippen LogP contribution is 2.33. The van der Waals surface area contributed by atoms with Gasteiger partial charge in [0.1, 0.15) is 6.04 Å². The van der Waals surface area contributed by atoms with Crippen LogP contribution in [0.5, 0.6) is 0 Å². The van der Waals surface area contributed by atoms with Crippen molar-refractivity contribution in [2.24, 2.45) is 0 Å². The third-order valence-electron chi connectivity index (χ3n) is 4.47. The van der Waals surface area contributed by atoms with Crippen molar-refractivity contribution in [1.29, 1.82) is 0 Å². The van der Waals surface area contributed by atoms with Crippen LogP contribution in [-0.4, -0.2) is 41.2 Å². The van der Waals surface area contributed by atoms with E-state index in [0.717, 1.165) is 12.1 Å². The van der Waals surface area contributed by atoms with Crippen molar-refractivity contribution in [3.63, 3.8) is 0 Å². The van der Waals surface area contributed by atoms with E-state index < -0.39 is 48.1 Å². The third kappa shape index (κ3) is 4.53. The Hall–Kier alpha value is -3.40. The predicted molar refractivity (Wildman–Crippen MR) is 102 cm³/mol. The largest absolute Gasteiger partial charge is 0.454 e. The highest BCUT2D eigenvalue weighted by atomic mass is 35.5. The van der Waals surface area contributed by atoms with Crippen molar-refractivity contribution in [3.05, 3.63) is 64.2 Å². The molecular weight excluding hydrogens is 441 g/mol. The van der Waals surface area contributed by atoms with E-state index in [1.165, 1.54) is 19.1 Å². The van der Waals surface area contributed by atoms with Crippen LogP contribution >= 0.6 is 11.6 Å². The van der Waals surface area contributed by atoms with Crippen LogP contribution < -0.4 is 5.32 Å². The molecule has 1 heterocycles. The molecule has 1 atom stereocenters. The number of fused-ring (bicyclic) bond motifs is 1. The summed E-state index contributed by atoms with van der Waals surface area (Å²) in [5.74, 6) is -3.35. The number of hydrogen-bond donors (Lipinski definition) is 1. The molecule has 7 nitrogen and oxygen atoms in total. The highest BCUT2D eigenvalue weighted by Gasteiger charge is 2.41. The summed E-state index contributed by atoms with van der Waals surface area (Å²) in [6.45, 7) is 0.393. The molecule has 0 unspecified atom stereocenters. The number of rotatable bonds is 5. The molecule has 31 heavy (non-hydrogen) atoms. The summed E-state index contributed by atoms with van der Waals surface area (Å²) in [6.07, 6.45) is -4.64. The molecule has 2 aromatic carbocycles. The van der Waals surface area contributed by atoms with Crippen LogP contribution in [0, 0.1) is 0 Å². The maximum Gasteiger partial charge on any atom is 0.416 e. The summed E-state index contributed by atoms with van der Waals surface area (Å²) in [4.78, 5) is 49.8. The normalized spacial score (nSPS) is 14.3. The van der Waals surface area contributed by atoms with Gasteiger partial charge in [-0.1, -0.05) is 23.7 Å². The van der Waals surface area contributed by atoms with Crippen molar-refractivity contribution < 1.29 is 37.1 Å². The number of nitrogens with zero attached hydrogens (tertiary/aromatic N) is 1. The Balaban J connectivity index is 1.62. The zero-order chi connectivity index (χ0) is 22.9. The molecule has 1 aliphatic rings. The highest BCUT2D eigenvalue weighted by molar-refractivity contribution is 6.33. The fourth-order valence-corrected chi connectivity index (χ4v) is 3.07. The summed E-state index contributed by atoms with van der Waals surface area (Å²) >= 11 is 5.79. The minimum atomic E-state index is -4.64. The lowest BCUT2D eigenvalue weighted by atomic mass is 10.1. The molecule has 0 bridgehead atoms. The van der Waals surface area contributed by atoms with Crippen molar-refractivity contribution >= 4 is 41.0 Å². The van der Waals surface area contributed by atoms with Crippen LogP contribution in [0.2, 0.25) is 5.02 Å². The summed E-state index contributed by atoms with van der Waals surface area (Å²) in [6, 6.07) is 7.07. The number of benzene rings is 2. The van der Waals surface area contributed by atoms with Gasteiger partial charge in [0.15, 0.2) is 6.61 Å². The van der Waals surface area contributed by atoms with E-state index in [0.29, 0.717) is 11.0 Å². The first kappa shape index (κ1) is 22.3. The summed E-state index contributed by atoms with van der Waals surface area (Å²) < 4.78 is 43.2. The zero-order valence-electron chi connectivity index (χ0n) is 15.8. The molecule has 1 N–H and O–H groups in total. The second-order valence-electron chi connectivity index (χ2n) is 6.55. The monoisotopic (exact) mass is 454 g/mol. The molecule has 3 amide bonds. The van der Waals surface area contributed by atoms with Gasteiger partial charge in [-0.15, -0.1) is 0 Å². The average molecular weight is 455 g/mol. The van der Waals surface area contributed by atoms with Crippen LogP contribution in [0.1, 0.15) is 33.2 Å². The van der Waals surface area contributed by atoms with E-state index in [-0.39, 0.29) is 21.8 Å². The molecule has 0 fully saturated rings. The Labute approximate surface area is 178 Å². The number of nitrogens with one attached hydrogen (secondary N) is 1. The van der Waals surface area contributed by atoms with Gasteiger partial charge in [-0.05, 0) is 37.3 Å².